The molecule has 0 aromatic carbocycles. The fourth-order valence-corrected chi connectivity index (χ4v) is 3.31. The predicted octanol–water partition coefficient (Wildman–Crippen LogP) is 2.38. The van der Waals surface area contributed by atoms with E-state index in [-0.39, 0.29) is 23.1 Å². The van der Waals surface area contributed by atoms with Crippen LogP contribution in [0, 0.1) is 5.92 Å². The lowest BCUT2D eigenvalue weighted by molar-refractivity contribution is -0.135. The Morgan fingerprint density at radius 1 is 1.14 bits per heavy atom. The summed E-state index contributed by atoms with van der Waals surface area (Å²) in [6.07, 6.45) is 1.68. The number of rotatable bonds is 2. The monoisotopic (exact) mass is 323 g/mol. The van der Waals surface area contributed by atoms with Gasteiger partial charge < -0.3 is 9.80 Å². The maximum atomic E-state index is 12.5. The fraction of sp³-hybridized carbons (Fsp3) is 0.688. The molecule has 2 heterocycles. The average molecular weight is 323 g/mol. The van der Waals surface area contributed by atoms with Gasteiger partial charge in [0, 0.05) is 37.5 Å². The maximum Gasteiger partial charge on any atom is 0.265 e. The minimum Gasteiger partial charge on any atom is -0.339 e. The summed E-state index contributed by atoms with van der Waals surface area (Å²) < 4.78 is 0. The first kappa shape index (κ1) is 16.9. The normalized spacial score (nSPS) is 16.3. The van der Waals surface area contributed by atoms with E-state index < -0.39 is 0 Å². The Morgan fingerprint density at radius 2 is 1.68 bits per heavy atom. The molecule has 2 amide bonds. The van der Waals surface area contributed by atoms with Crippen LogP contribution >= 0.6 is 11.3 Å². The smallest absolute Gasteiger partial charge is 0.265 e. The van der Waals surface area contributed by atoms with Crippen molar-refractivity contribution >= 4 is 23.2 Å². The molecule has 1 fully saturated rings. The van der Waals surface area contributed by atoms with E-state index in [4.69, 9.17) is 0 Å². The lowest BCUT2D eigenvalue weighted by Crippen LogP contribution is -2.51. The highest BCUT2D eigenvalue weighted by Gasteiger charge is 2.28. The second kappa shape index (κ2) is 6.36. The number of amides is 2. The van der Waals surface area contributed by atoms with Crippen molar-refractivity contribution in [1.82, 2.24) is 14.8 Å². The molecule has 0 atom stereocenters. The molecule has 0 spiro atoms. The minimum atomic E-state index is -0.0361. The van der Waals surface area contributed by atoms with Crippen molar-refractivity contribution in [3.05, 3.63) is 16.1 Å². The molecule has 0 N–H and O–H groups in total. The zero-order valence-electron chi connectivity index (χ0n) is 14.0. The van der Waals surface area contributed by atoms with Gasteiger partial charge in [0.2, 0.25) is 5.91 Å². The molecule has 122 valence electrons. The average Bonchev–Trinajstić information content (AvgIpc) is 2.95. The summed E-state index contributed by atoms with van der Waals surface area (Å²) in [6.45, 7) is 12.5. The topological polar surface area (TPSA) is 53.5 Å². The Labute approximate surface area is 136 Å². The van der Waals surface area contributed by atoms with Crippen LogP contribution in [0.4, 0.5) is 0 Å². The van der Waals surface area contributed by atoms with Gasteiger partial charge in [-0.2, -0.15) is 0 Å². The molecule has 22 heavy (non-hydrogen) atoms. The number of hydrogen-bond donors (Lipinski definition) is 0. The van der Waals surface area contributed by atoms with E-state index in [1.165, 1.54) is 11.3 Å². The number of piperazine rings is 1. The molecule has 1 aromatic rings. The van der Waals surface area contributed by atoms with Crippen LogP contribution in [0.15, 0.2) is 6.20 Å². The quantitative estimate of drug-likeness (QED) is 0.840. The van der Waals surface area contributed by atoms with Crippen molar-refractivity contribution in [2.75, 3.05) is 26.2 Å². The van der Waals surface area contributed by atoms with E-state index in [1.54, 1.807) is 6.20 Å². The largest absolute Gasteiger partial charge is 0.339 e. The molecule has 0 radical (unpaired) electrons. The van der Waals surface area contributed by atoms with E-state index in [1.807, 2.05) is 23.6 Å². The highest BCUT2D eigenvalue weighted by molar-refractivity contribution is 7.13. The molecule has 0 bridgehead atoms. The molecule has 6 heteroatoms. The predicted molar refractivity (Wildman–Crippen MR) is 88.1 cm³/mol. The first-order valence-electron chi connectivity index (χ1n) is 7.74. The van der Waals surface area contributed by atoms with Gasteiger partial charge in [-0.05, 0) is 0 Å². The summed E-state index contributed by atoms with van der Waals surface area (Å²) in [6, 6.07) is 0. The summed E-state index contributed by atoms with van der Waals surface area (Å²) in [5, 5.41) is 0.976. The van der Waals surface area contributed by atoms with Crippen LogP contribution in [0.5, 0.6) is 0 Å². The van der Waals surface area contributed by atoms with Gasteiger partial charge in [0.15, 0.2) is 0 Å². The van der Waals surface area contributed by atoms with Crippen molar-refractivity contribution in [3.63, 3.8) is 0 Å². The zero-order valence-corrected chi connectivity index (χ0v) is 14.9. The summed E-state index contributed by atoms with van der Waals surface area (Å²) in [7, 11) is 0. The third-order valence-corrected chi connectivity index (χ3v) is 5.14. The highest BCUT2D eigenvalue weighted by Crippen LogP contribution is 2.27. The van der Waals surface area contributed by atoms with Crippen LogP contribution in [0.2, 0.25) is 0 Å². The summed E-state index contributed by atoms with van der Waals surface area (Å²) >= 11 is 1.47. The third kappa shape index (κ3) is 3.66. The molecule has 0 saturated carbocycles. The van der Waals surface area contributed by atoms with Crippen molar-refractivity contribution in [1.29, 1.82) is 0 Å². The van der Waals surface area contributed by atoms with Crippen LogP contribution in [-0.4, -0.2) is 52.8 Å². The number of carbonyl (C=O) groups excluding carboxylic acids is 2. The molecule has 0 aliphatic carbocycles. The first-order chi connectivity index (χ1) is 10.2. The van der Waals surface area contributed by atoms with Gasteiger partial charge in [0.05, 0.1) is 11.2 Å². The van der Waals surface area contributed by atoms with Gasteiger partial charge in [-0.1, -0.05) is 34.6 Å². The Balaban J connectivity index is 1.98. The van der Waals surface area contributed by atoms with E-state index in [9.17, 15) is 9.59 Å². The lowest BCUT2D eigenvalue weighted by Gasteiger charge is -2.35. The summed E-state index contributed by atoms with van der Waals surface area (Å²) in [5.41, 5.74) is -0.0361. The third-order valence-electron chi connectivity index (χ3n) is 3.73. The maximum absolute atomic E-state index is 12.5. The van der Waals surface area contributed by atoms with Gasteiger partial charge in [0.25, 0.3) is 5.91 Å². The van der Waals surface area contributed by atoms with Crippen LogP contribution in [0.3, 0.4) is 0 Å². The Morgan fingerprint density at radius 3 is 2.14 bits per heavy atom. The van der Waals surface area contributed by atoms with Crippen LogP contribution in [0.25, 0.3) is 0 Å². The highest BCUT2D eigenvalue weighted by atomic mass is 32.1. The molecule has 1 aliphatic rings. The number of carbonyl (C=O) groups is 2. The number of nitrogens with zero attached hydrogens (tertiary/aromatic N) is 3. The van der Waals surface area contributed by atoms with E-state index in [0.717, 1.165) is 5.01 Å². The van der Waals surface area contributed by atoms with Crippen LogP contribution in [-0.2, 0) is 10.2 Å². The molecule has 1 aromatic heterocycles. The van der Waals surface area contributed by atoms with Gasteiger partial charge in [-0.15, -0.1) is 11.3 Å². The molecule has 5 nitrogen and oxygen atoms in total. The van der Waals surface area contributed by atoms with Gasteiger partial charge in [0.1, 0.15) is 4.88 Å². The first-order valence-corrected chi connectivity index (χ1v) is 8.56. The molecular formula is C16H25N3O2S. The van der Waals surface area contributed by atoms with E-state index >= 15 is 0 Å². The van der Waals surface area contributed by atoms with Crippen molar-refractivity contribution in [2.45, 2.75) is 40.0 Å². The number of hydrogen-bond acceptors (Lipinski definition) is 4. The molecule has 1 saturated heterocycles. The van der Waals surface area contributed by atoms with Gasteiger partial charge in [-0.25, -0.2) is 4.98 Å². The number of thiazole rings is 1. The summed E-state index contributed by atoms with van der Waals surface area (Å²) in [5.74, 6) is 0.211. The zero-order chi connectivity index (χ0) is 16.5. The van der Waals surface area contributed by atoms with Gasteiger partial charge in [-0.3, -0.25) is 9.59 Å². The van der Waals surface area contributed by atoms with Gasteiger partial charge >= 0.3 is 0 Å². The van der Waals surface area contributed by atoms with Crippen LogP contribution in [0.1, 0.15) is 49.3 Å². The van der Waals surface area contributed by atoms with Crippen molar-refractivity contribution < 1.29 is 9.59 Å². The molecule has 0 unspecified atom stereocenters. The second-order valence-corrected chi connectivity index (χ2v) is 8.08. The lowest BCUT2D eigenvalue weighted by atomic mass is 9.98. The van der Waals surface area contributed by atoms with Crippen LogP contribution < -0.4 is 0 Å². The van der Waals surface area contributed by atoms with E-state index in [2.05, 4.69) is 25.8 Å². The second-order valence-electron chi connectivity index (χ2n) is 7.05. The number of aromatic nitrogens is 1. The fourth-order valence-electron chi connectivity index (χ4n) is 2.37. The van der Waals surface area contributed by atoms with E-state index in [0.29, 0.717) is 31.1 Å². The SMILES string of the molecule is CC(C)C(=O)N1CCN(C(=O)c2cnc(C(C)(C)C)s2)CC1. The minimum absolute atomic E-state index is 0.0121. The standard InChI is InChI=1S/C16H25N3O2S/c1-11(2)13(20)18-6-8-19(9-7-18)14(21)12-10-17-15(22-12)16(3,4)5/h10-11H,6-9H2,1-5H3. The molecule has 1 aliphatic heterocycles. The van der Waals surface area contributed by atoms with Crippen molar-refractivity contribution in [2.24, 2.45) is 5.92 Å². The summed E-state index contributed by atoms with van der Waals surface area (Å²) in [4.78, 5) is 33.3. The Hall–Kier alpha value is -1.43. The van der Waals surface area contributed by atoms with Crippen molar-refractivity contribution in [3.8, 4) is 0 Å². The molecule has 2 rings (SSSR count). The Bertz CT molecular complexity index is 552. The Kier molecular flexibility index (Phi) is 4.90. The molecular weight excluding hydrogens is 298 g/mol.